The first-order chi connectivity index (χ1) is 10.1. The molecule has 108 valence electrons. The monoisotopic (exact) mass is 282 g/mol. The fourth-order valence-corrected chi connectivity index (χ4v) is 2.77. The molecular formula is C17H18N2O2. The van der Waals surface area contributed by atoms with E-state index in [1.807, 2.05) is 12.1 Å². The lowest BCUT2D eigenvalue weighted by molar-refractivity contribution is 0.0985. The van der Waals surface area contributed by atoms with E-state index in [2.05, 4.69) is 13.0 Å². The van der Waals surface area contributed by atoms with Crippen molar-refractivity contribution in [2.24, 2.45) is 7.05 Å². The Labute approximate surface area is 123 Å². The van der Waals surface area contributed by atoms with Crippen LogP contribution >= 0.6 is 0 Å². The minimum atomic E-state index is -0.165. The summed E-state index contributed by atoms with van der Waals surface area (Å²) in [4.78, 5) is 26.2. The van der Waals surface area contributed by atoms with Crippen molar-refractivity contribution in [3.05, 3.63) is 63.6 Å². The first kappa shape index (κ1) is 13.6. The molecule has 0 bridgehead atoms. The van der Waals surface area contributed by atoms with E-state index < -0.39 is 0 Å². The Kier molecular flexibility index (Phi) is 3.37. The van der Waals surface area contributed by atoms with Gasteiger partial charge in [-0.1, -0.05) is 17.7 Å². The smallest absolute Gasteiger partial charge is 0.258 e. The van der Waals surface area contributed by atoms with Gasteiger partial charge in [-0.15, -0.1) is 0 Å². The van der Waals surface area contributed by atoms with Gasteiger partial charge in [0.1, 0.15) is 0 Å². The van der Waals surface area contributed by atoms with Gasteiger partial charge in [-0.25, -0.2) is 0 Å². The highest BCUT2D eigenvalue weighted by Crippen LogP contribution is 2.29. The van der Waals surface area contributed by atoms with Crippen LogP contribution in [0.5, 0.6) is 0 Å². The summed E-state index contributed by atoms with van der Waals surface area (Å²) in [5, 5.41) is 0. The summed E-state index contributed by atoms with van der Waals surface area (Å²) < 4.78 is 1.46. The molecule has 0 spiro atoms. The van der Waals surface area contributed by atoms with Gasteiger partial charge in [0, 0.05) is 37.1 Å². The van der Waals surface area contributed by atoms with E-state index in [0.29, 0.717) is 12.1 Å². The van der Waals surface area contributed by atoms with Crippen molar-refractivity contribution in [2.45, 2.75) is 19.8 Å². The van der Waals surface area contributed by atoms with Crippen molar-refractivity contribution < 1.29 is 4.79 Å². The molecule has 3 rings (SSSR count). The second-order valence-electron chi connectivity index (χ2n) is 5.56. The van der Waals surface area contributed by atoms with Gasteiger partial charge in [0.15, 0.2) is 0 Å². The molecule has 1 amide bonds. The molecule has 4 heteroatoms. The highest BCUT2D eigenvalue weighted by Gasteiger charge is 2.23. The number of carbonyl (C=O) groups excluding carboxylic acids is 1. The molecule has 0 saturated carbocycles. The number of fused-ring (bicyclic) bond motifs is 1. The standard InChI is InChI=1S/C17H18N2O2/c1-12-5-6-15-13(10-12)4-3-8-19(15)17(21)14-7-9-18(2)16(20)11-14/h5-7,9-11H,3-4,8H2,1-2H3. The number of pyridine rings is 1. The molecule has 1 aliphatic heterocycles. The first-order valence-electron chi connectivity index (χ1n) is 7.14. The molecule has 2 aromatic rings. The summed E-state index contributed by atoms with van der Waals surface area (Å²) in [6.07, 6.45) is 3.58. The molecule has 0 aliphatic carbocycles. The quantitative estimate of drug-likeness (QED) is 0.805. The summed E-state index contributed by atoms with van der Waals surface area (Å²) in [6.45, 7) is 2.76. The number of anilines is 1. The number of aromatic nitrogens is 1. The van der Waals surface area contributed by atoms with Crippen LogP contribution in [-0.4, -0.2) is 17.0 Å². The van der Waals surface area contributed by atoms with E-state index in [1.165, 1.54) is 21.8 Å². The van der Waals surface area contributed by atoms with Gasteiger partial charge >= 0.3 is 0 Å². The zero-order valence-electron chi connectivity index (χ0n) is 12.3. The Morgan fingerprint density at radius 3 is 2.76 bits per heavy atom. The number of rotatable bonds is 1. The largest absolute Gasteiger partial charge is 0.319 e. The van der Waals surface area contributed by atoms with Crippen LogP contribution in [0.25, 0.3) is 0 Å². The predicted molar refractivity (Wildman–Crippen MR) is 82.9 cm³/mol. The zero-order valence-corrected chi connectivity index (χ0v) is 12.3. The summed E-state index contributed by atoms with van der Waals surface area (Å²) in [7, 11) is 1.68. The molecule has 1 aromatic heterocycles. The van der Waals surface area contributed by atoms with E-state index in [4.69, 9.17) is 0 Å². The van der Waals surface area contributed by atoms with Gasteiger partial charge in [0.25, 0.3) is 11.5 Å². The minimum Gasteiger partial charge on any atom is -0.319 e. The van der Waals surface area contributed by atoms with Crippen LogP contribution in [0.1, 0.15) is 27.9 Å². The lowest BCUT2D eigenvalue weighted by Gasteiger charge is -2.29. The molecule has 4 nitrogen and oxygen atoms in total. The van der Waals surface area contributed by atoms with Gasteiger partial charge in [-0.2, -0.15) is 0 Å². The summed E-state index contributed by atoms with van der Waals surface area (Å²) in [5.74, 6) is -0.0995. The summed E-state index contributed by atoms with van der Waals surface area (Å²) >= 11 is 0. The van der Waals surface area contributed by atoms with Crippen molar-refractivity contribution >= 4 is 11.6 Å². The molecule has 0 atom stereocenters. The Morgan fingerprint density at radius 1 is 1.19 bits per heavy atom. The second kappa shape index (κ2) is 5.20. The molecule has 0 unspecified atom stereocenters. The van der Waals surface area contributed by atoms with E-state index in [-0.39, 0.29) is 11.5 Å². The third-order valence-electron chi connectivity index (χ3n) is 3.95. The Hall–Kier alpha value is -2.36. The first-order valence-corrected chi connectivity index (χ1v) is 7.14. The molecule has 0 saturated heterocycles. The van der Waals surface area contributed by atoms with Crippen molar-refractivity contribution in [1.82, 2.24) is 4.57 Å². The maximum absolute atomic E-state index is 12.7. The van der Waals surface area contributed by atoms with E-state index >= 15 is 0 Å². The van der Waals surface area contributed by atoms with Crippen molar-refractivity contribution in [2.75, 3.05) is 11.4 Å². The molecule has 1 aromatic carbocycles. The van der Waals surface area contributed by atoms with Gasteiger partial charge in [-0.05, 0) is 37.5 Å². The maximum Gasteiger partial charge on any atom is 0.258 e. The maximum atomic E-state index is 12.7. The van der Waals surface area contributed by atoms with Crippen molar-refractivity contribution in [1.29, 1.82) is 0 Å². The van der Waals surface area contributed by atoms with E-state index in [0.717, 1.165) is 18.5 Å². The summed E-state index contributed by atoms with van der Waals surface area (Å²) in [6, 6.07) is 9.27. The molecule has 2 heterocycles. The lowest BCUT2D eigenvalue weighted by Crippen LogP contribution is -2.36. The second-order valence-corrected chi connectivity index (χ2v) is 5.56. The molecule has 0 N–H and O–H groups in total. The van der Waals surface area contributed by atoms with Crippen LogP contribution in [0, 0.1) is 6.92 Å². The average Bonchev–Trinajstić information content (AvgIpc) is 2.48. The van der Waals surface area contributed by atoms with Gasteiger partial charge < -0.3 is 9.47 Å². The van der Waals surface area contributed by atoms with Crippen LogP contribution in [-0.2, 0) is 13.5 Å². The van der Waals surface area contributed by atoms with Crippen molar-refractivity contribution in [3.8, 4) is 0 Å². The topological polar surface area (TPSA) is 42.3 Å². The molecule has 21 heavy (non-hydrogen) atoms. The molecule has 0 fully saturated rings. The fraction of sp³-hybridized carbons (Fsp3) is 0.294. The lowest BCUT2D eigenvalue weighted by atomic mass is 9.99. The number of nitrogens with zero attached hydrogens (tertiary/aromatic N) is 2. The van der Waals surface area contributed by atoms with Crippen LogP contribution in [0.15, 0.2) is 41.3 Å². The normalized spacial score (nSPS) is 13.9. The SMILES string of the molecule is Cc1ccc2c(c1)CCCN2C(=O)c1ccn(C)c(=O)c1. The Bertz CT molecular complexity index is 762. The predicted octanol–water partition coefficient (Wildman–Crippen LogP) is 2.29. The molecular weight excluding hydrogens is 264 g/mol. The van der Waals surface area contributed by atoms with Crippen LogP contribution in [0.2, 0.25) is 0 Å². The molecule has 0 radical (unpaired) electrons. The van der Waals surface area contributed by atoms with Gasteiger partial charge in [-0.3, -0.25) is 9.59 Å². The average molecular weight is 282 g/mol. The van der Waals surface area contributed by atoms with Crippen LogP contribution in [0.3, 0.4) is 0 Å². The third kappa shape index (κ3) is 2.49. The Morgan fingerprint density at radius 2 is 2.00 bits per heavy atom. The number of amides is 1. The number of hydrogen-bond acceptors (Lipinski definition) is 2. The minimum absolute atomic E-state index is 0.0995. The zero-order chi connectivity index (χ0) is 15.0. The van der Waals surface area contributed by atoms with Crippen molar-refractivity contribution in [3.63, 3.8) is 0 Å². The highest BCUT2D eigenvalue weighted by atomic mass is 16.2. The van der Waals surface area contributed by atoms with Crippen LogP contribution < -0.4 is 10.5 Å². The summed E-state index contributed by atoms with van der Waals surface area (Å²) in [5.41, 5.74) is 3.67. The van der Waals surface area contributed by atoms with Crippen LogP contribution in [0.4, 0.5) is 5.69 Å². The van der Waals surface area contributed by atoms with Gasteiger partial charge in [0.2, 0.25) is 0 Å². The van der Waals surface area contributed by atoms with E-state index in [1.54, 1.807) is 24.2 Å². The van der Waals surface area contributed by atoms with E-state index in [9.17, 15) is 9.59 Å². The number of carbonyl (C=O) groups is 1. The third-order valence-corrected chi connectivity index (χ3v) is 3.95. The highest BCUT2D eigenvalue weighted by molar-refractivity contribution is 6.06. The fourth-order valence-electron chi connectivity index (χ4n) is 2.77. The number of hydrogen-bond donors (Lipinski definition) is 0. The number of aryl methyl sites for hydroxylation is 3. The Balaban J connectivity index is 2.00. The molecule has 1 aliphatic rings. The number of benzene rings is 1. The van der Waals surface area contributed by atoms with Gasteiger partial charge in [0.05, 0.1) is 0 Å².